The van der Waals surface area contributed by atoms with Gasteiger partial charge in [-0.1, -0.05) is 55.2 Å². The van der Waals surface area contributed by atoms with Crippen LogP contribution in [0.25, 0.3) is 10.9 Å². The van der Waals surface area contributed by atoms with Gasteiger partial charge >= 0.3 is 6.09 Å². The van der Waals surface area contributed by atoms with Crippen LogP contribution in [0, 0.1) is 41.4 Å². The van der Waals surface area contributed by atoms with Crippen molar-refractivity contribution in [3.05, 3.63) is 91.2 Å². The number of piperidine rings is 2. The number of hydrogen-bond acceptors (Lipinski definition) is 11. The van der Waals surface area contributed by atoms with E-state index in [9.17, 15) is 41.7 Å². The van der Waals surface area contributed by atoms with E-state index in [0.717, 1.165) is 37.0 Å². The molecule has 2 aliphatic heterocycles. The van der Waals surface area contributed by atoms with Gasteiger partial charge in [0, 0.05) is 62.7 Å². The maximum atomic E-state index is 14.0. The minimum Gasteiger partial charge on any atom is -0.443 e. The SMILES string of the molecule is CC1CCN(C(=O)C(CCn2cccc2C#N)NS(=O)(=O)c2c(Cl)sc(Cl)c2Br)CC1.Cc1c(S(=O)(=O)NC(CCn2cccc2C#N)C(=O)N2CCC(C)CC2)c2ccccc2n1C(=O)OC(C)(C)C. The molecule has 71 heavy (non-hydrogen) atoms. The van der Waals surface area contributed by atoms with Gasteiger partial charge in [0.05, 0.1) is 9.99 Å². The maximum absolute atomic E-state index is 14.0. The summed E-state index contributed by atoms with van der Waals surface area (Å²) in [5, 5.41) is 19.0. The van der Waals surface area contributed by atoms with Gasteiger partial charge in [0.2, 0.25) is 31.9 Å². The second kappa shape index (κ2) is 23.4. The molecule has 0 bridgehead atoms. The average Bonchev–Trinajstić information content (AvgIpc) is 4.10. The minimum atomic E-state index is -4.27. The molecule has 5 aromatic rings. The lowest BCUT2D eigenvalue weighted by atomic mass is 9.98. The van der Waals surface area contributed by atoms with E-state index in [0.29, 0.717) is 66.9 Å². The van der Waals surface area contributed by atoms with Crippen LogP contribution in [0.1, 0.15) is 90.2 Å². The van der Waals surface area contributed by atoms with Crippen LogP contribution in [0.5, 0.6) is 0 Å². The summed E-state index contributed by atoms with van der Waals surface area (Å²) in [6.45, 7) is 13.9. The standard InChI is InChI=1S/C29H37N5O5S.C19H21BrCl2N4O3S2/c1-20-12-16-33(17-13-20)27(35)24(14-18-32-15-8-9-22(32)19-30)31-40(37,38)26-21(2)34(28(36)39-29(3,4)5)25-11-7-6-10-23(25)26;1-12-4-8-26(9-5-12)19(27)14(6-10-25-7-2-3-13(25)11-23)24-31(28,29)16-15(20)17(21)30-18(16)22/h6-11,15,20,24,31H,12-14,16-18H2,1-5H3;2-3,7,12,14,24H,4-6,8-10H2,1H3. The van der Waals surface area contributed by atoms with Crippen LogP contribution in [-0.2, 0) is 47.5 Å². The first-order valence-corrected chi connectivity index (χ1v) is 28.5. The number of rotatable bonds is 14. The first kappa shape index (κ1) is 55.6. The van der Waals surface area contributed by atoms with E-state index in [-0.39, 0.29) is 59.8 Å². The molecule has 382 valence electrons. The van der Waals surface area contributed by atoms with Crippen molar-refractivity contribution in [3.63, 3.8) is 0 Å². The van der Waals surface area contributed by atoms with E-state index < -0.39 is 43.8 Å². The molecular formula is C48H58BrCl2N9O8S3. The van der Waals surface area contributed by atoms with Gasteiger partial charge in [-0.2, -0.15) is 20.0 Å². The number of aryl methyl sites for hydroxylation is 2. The summed E-state index contributed by atoms with van der Waals surface area (Å²) < 4.78 is 70.1. The number of benzene rings is 1. The molecule has 0 aliphatic carbocycles. The fourth-order valence-corrected chi connectivity index (χ4v) is 15.0. The Labute approximate surface area is 437 Å². The molecule has 4 aromatic heterocycles. The first-order valence-electron chi connectivity index (χ1n) is 23.2. The predicted octanol–water partition coefficient (Wildman–Crippen LogP) is 8.89. The van der Waals surface area contributed by atoms with Crippen LogP contribution in [0.4, 0.5) is 4.79 Å². The zero-order valence-electron chi connectivity index (χ0n) is 40.3. The number of likely N-dealkylation sites (tertiary alicyclic amines) is 2. The number of sulfonamides is 2. The smallest absolute Gasteiger partial charge is 0.419 e. The molecule has 0 saturated carbocycles. The third kappa shape index (κ3) is 13.5. The van der Waals surface area contributed by atoms with Crippen LogP contribution in [-0.4, -0.2) is 102 Å². The Hall–Kier alpha value is -4.71. The van der Waals surface area contributed by atoms with Crippen LogP contribution < -0.4 is 9.44 Å². The molecule has 2 unspecified atom stereocenters. The summed E-state index contributed by atoms with van der Waals surface area (Å²) >= 11 is 16.2. The molecule has 2 aliphatic rings. The summed E-state index contributed by atoms with van der Waals surface area (Å²) in [7, 11) is -8.40. The Morgan fingerprint density at radius 3 is 1.63 bits per heavy atom. The Balaban J connectivity index is 0.000000240. The molecule has 2 saturated heterocycles. The number of ether oxygens (including phenoxy) is 1. The highest BCUT2D eigenvalue weighted by Crippen LogP contribution is 2.43. The molecule has 2 atom stereocenters. The van der Waals surface area contributed by atoms with Crippen molar-refractivity contribution in [2.75, 3.05) is 26.2 Å². The Bertz CT molecular complexity index is 3060. The third-order valence-electron chi connectivity index (χ3n) is 12.5. The highest BCUT2D eigenvalue weighted by molar-refractivity contribution is 9.10. The van der Waals surface area contributed by atoms with Crippen LogP contribution in [0.2, 0.25) is 8.67 Å². The predicted molar refractivity (Wildman–Crippen MR) is 276 cm³/mol. The van der Waals surface area contributed by atoms with E-state index in [1.165, 1.54) is 4.57 Å². The third-order valence-corrected chi connectivity index (χ3v) is 19.1. The number of carbonyl (C=O) groups excluding carboxylic acids is 3. The number of nitriles is 2. The number of nitrogens with zero attached hydrogens (tertiary/aromatic N) is 7. The zero-order valence-corrected chi connectivity index (χ0v) is 45.9. The second-order valence-corrected chi connectivity index (χ2v) is 25.2. The van der Waals surface area contributed by atoms with E-state index in [1.807, 2.05) is 0 Å². The van der Waals surface area contributed by atoms with Gasteiger partial charge in [0.1, 0.15) is 59.7 Å². The number of carbonyl (C=O) groups is 3. The Morgan fingerprint density at radius 1 is 0.761 bits per heavy atom. The zero-order chi connectivity index (χ0) is 52.0. The van der Waals surface area contributed by atoms with Gasteiger partial charge < -0.3 is 23.7 Å². The lowest BCUT2D eigenvalue weighted by molar-refractivity contribution is -0.135. The first-order chi connectivity index (χ1) is 33.5. The quantitative estimate of drug-likeness (QED) is 0.107. The molecule has 0 spiro atoms. The van der Waals surface area contributed by atoms with E-state index in [1.54, 1.807) is 108 Å². The van der Waals surface area contributed by atoms with Gasteiger partial charge in [-0.3, -0.25) is 9.59 Å². The monoisotopic (exact) mass is 1130 g/mol. The number of nitrogens with one attached hydrogen (secondary N) is 2. The Kier molecular flexibility index (Phi) is 18.4. The molecule has 2 N–H and O–H groups in total. The largest absolute Gasteiger partial charge is 0.443 e. The van der Waals surface area contributed by atoms with E-state index in [4.69, 9.17) is 27.9 Å². The van der Waals surface area contributed by atoms with Crippen molar-refractivity contribution >= 4 is 99.3 Å². The Morgan fingerprint density at radius 2 is 1.21 bits per heavy atom. The van der Waals surface area contributed by atoms with Crippen molar-refractivity contribution in [1.82, 2.24) is 32.9 Å². The molecular weight excluding hydrogens is 1080 g/mol. The lowest BCUT2D eigenvalue weighted by Crippen LogP contribution is -2.51. The number of thiophene rings is 1. The highest BCUT2D eigenvalue weighted by Gasteiger charge is 2.37. The van der Waals surface area contributed by atoms with E-state index >= 15 is 0 Å². The topological polar surface area (TPSA) is 222 Å². The number of fused-ring (bicyclic) bond motifs is 1. The summed E-state index contributed by atoms with van der Waals surface area (Å²) in [6, 6.07) is 15.7. The minimum absolute atomic E-state index is 0.0135. The number of halogens is 3. The van der Waals surface area contributed by atoms with Gasteiger partial charge in [-0.05, 0) is 124 Å². The van der Waals surface area contributed by atoms with Crippen LogP contribution in [0.3, 0.4) is 0 Å². The van der Waals surface area contributed by atoms with Crippen molar-refractivity contribution in [2.24, 2.45) is 11.8 Å². The van der Waals surface area contributed by atoms with Gasteiger partial charge in [0.15, 0.2) is 0 Å². The maximum Gasteiger partial charge on any atom is 0.419 e. The number of aromatic nitrogens is 3. The van der Waals surface area contributed by atoms with E-state index in [2.05, 4.69) is 51.4 Å². The van der Waals surface area contributed by atoms with Crippen molar-refractivity contribution < 1.29 is 36.0 Å². The van der Waals surface area contributed by atoms with Crippen molar-refractivity contribution in [1.29, 1.82) is 10.5 Å². The van der Waals surface area contributed by atoms with Gasteiger partial charge in [-0.25, -0.2) is 26.2 Å². The molecule has 2 fully saturated rings. The fourth-order valence-electron chi connectivity index (χ4n) is 8.60. The average molecular weight is 1140 g/mol. The summed E-state index contributed by atoms with van der Waals surface area (Å²) in [5.41, 5.74) is 0.677. The molecule has 6 heterocycles. The fraction of sp³-hybridized carbons (Fsp3) is 0.479. The van der Waals surface area contributed by atoms with Gasteiger partial charge in [0.25, 0.3) is 0 Å². The summed E-state index contributed by atoms with van der Waals surface area (Å²) in [6.07, 6.45) is 6.55. The summed E-state index contributed by atoms with van der Waals surface area (Å²) in [5.74, 6) is 0.447. The molecule has 2 amide bonds. The normalized spacial score (nSPS) is 15.9. The van der Waals surface area contributed by atoms with Crippen LogP contribution >= 0.6 is 50.5 Å². The lowest BCUT2D eigenvalue weighted by Gasteiger charge is -2.33. The molecule has 23 heteroatoms. The number of hydrogen-bond donors (Lipinski definition) is 2. The molecule has 0 radical (unpaired) electrons. The number of amides is 2. The van der Waals surface area contributed by atoms with Crippen molar-refractivity contribution in [2.45, 2.75) is 121 Å². The van der Waals surface area contributed by atoms with Gasteiger partial charge in [-0.15, -0.1) is 11.3 Å². The van der Waals surface area contributed by atoms with Crippen LogP contribution in [0.15, 0.2) is 75.2 Å². The summed E-state index contributed by atoms with van der Waals surface area (Å²) in [4.78, 5) is 43.2. The molecule has 17 nitrogen and oxygen atoms in total. The molecule has 7 rings (SSSR count). The molecule has 1 aromatic carbocycles. The highest BCUT2D eigenvalue weighted by atomic mass is 79.9. The number of para-hydroxylation sites is 1. The second-order valence-electron chi connectivity index (χ2n) is 18.9. The van der Waals surface area contributed by atoms with Crippen molar-refractivity contribution in [3.8, 4) is 12.1 Å².